The van der Waals surface area contributed by atoms with Gasteiger partial charge in [0.2, 0.25) is 0 Å². The van der Waals surface area contributed by atoms with Crippen LogP contribution in [0.3, 0.4) is 0 Å². The zero-order chi connectivity index (χ0) is 15.3. The third-order valence-corrected chi connectivity index (χ3v) is 3.12. The van der Waals surface area contributed by atoms with Gasteiger partial charge in [-0.05, 0) is 38.3 Å². The van der Waals surface area contributed by atoms with E-state index in [2.05, 4.69) is 10.4 Å². The average Bonchev–Trinajstić information content (AvgIpc) is 2.41. The fourth-order valence-electron chi connectivity index (χ4n) is 1.79. The standard InChI is InChI=1S/C13H18N2O5/c1-8-9(2)13(17)11(10(3)12(8)16)6-4-5-7-14-20-15(18)19/h4,6,14,16-17H,5,7H2,1-3H3. The second-order valence-electron chi connectivity index (χ2n) is 4.39. The molecule has 0 bridgehead atoms. The average molecular weight is 282 g/mol. The van der Waals surface area contributed by atoms with Gasteiger partial charge < -0.3 is 10.2 Å². The molecule has 0 aliphatic heterocycles. The number of benzene rings is 1. The first-order valence-electron chi connectivity index (χ1n) is 6.08. The number of nitrogens with one attached hydrogen (secondary N) is 1. The van der Waals surface area contributed by atoms with E-state index in [1.165, 1.54) is 0 Å². The second kappa shape index (κ2) is 6.76. The first kappa shape index (κ1) is 15.8. The van der Waals surface area contributed by atoms with Crippen molar-refractivity contribution in [3.8, 4) is 11.5 Å². The summed E-state index contributed by atoms with van der Waals surface area (Å²) in [7, 11) is 0. The maximum atomic E-state index is 10.1. The molecule has 0 saturated heterocycles. The van der Waals surface area contributed by atoms with E-state index in [9.17, 15) is 20.3 Å². The van der Waals surface area contributed by atoms with Crippen molar-refractivity contribution in [1.82, 2.24) is 5.48 Å². The van der Waals surface area contributed by atoms with E-state index in [-0.39, 0.29) is 18.0 Å². The molecule has 20 heavy (non-hydrogen) atoms. The Morgan fingerprint density at radius 3 is 2.40 bits per heavy atom. The normalized spacial score (nSPS) is 10.9. The number of phenolic OH excluding ortho intramolecular Hbond substituents is 2. The van der Waals surface area contributed by atoms with Crippen LogP contribution in [-0.4, -0.2) is 21.8 Å². The van der Waals surface area contributed by atoms with Crippen LogP contribution in [0.4, 0.5) is 0 Å². The third kappa shape index (κ3) is 3.61. The van der Waals surface area contributed by atoms with Crippen LogP contribution < -0.4 is 5.48 Å². The number of nitrogens with zero attached hydrogens (tertiary/aromatic N) is 1. The zero-order valence-electron chi connectivity index (χ0n) is 11.6. The molecule has 0 aromatic heterocycles. The first-order valence-corrected chi connectivity index (χ1v) is 6.08. The van der Waals surface area contributed by atoms with E-state index in [1.54, 1.807) is 32.9 Å². The Morgan fingerprint density at radius 2 is 1.80 bits per heavy atom. The van der Waals surface area contributed by atoms with Crippen LogP contribution in [0.2, 0.25) is 0 Å². The Labute approximate surface area is 116 Å². The molecule has 0 aliphatic rings. The number of hydroxylamine groups is 1. The van der Waals surface area contributed by atoms with Crippen molar-refractivity contribution in [2.45, 2.75) is 27.2 Å². The Kier molecular flexibility index (Phi) is 5.33. The fraction of sp³-hybridized carbons (Fsp3) is 0.385. The molecule has 0 spiro atoms. The van der Waals surface area contributed by atoms with Gasteiger partial charge in [0.1, 0.15) is 11.5 Å². The van der Waals surface area contributed by atoms with E-state index in [0.29, 0.717) is 28.7 Å². The number of hydrogen-bond acceptors (Lipinski definition) is 6. The fourth-order valence-corrected chi connectivity index (χ4v) is 1.79. The van der Waals surface area contributed by atoms with Crippen molar-refractivity contribution in [3.05, 3.63) is 38.4 Å². The van der Waals surface area contributed by atoms with Crippen molar-refractivity contribution in [2.75, 3.05) is 6.54 Å². The summed E-state index contributed by atoms with van der Waals surface area (Å²) in [4.78, 5) is 13.8. The molecule has 1 aromatic rings. The number of phenols is 2. The van der Waals surface area contributed by atoms with Gasteiger partial charge in [0.25, 0.3) is 0 Å². The topological polar surface area (TPSA) is 105 Å². The van der Waals surface area contributed by atoms with E-state index in [0.717, 1.165) is 0 Å². The number of hydrogen-bond donors (Lipinski definition) is 3. The zero-order valence-corrected chi connectivity index (χ0v) is 11.6. The van der Waals surface area contributed by atoms with E-state index in [4.69, 9.17) is 0 Å². The largest absolute Gasteiger partial charge is 0.507 e. The Hall–Kier alpha value is -2.28. The maximum absolute atomic E-state index is 10.1. The van der Waals surface area contributed by atoms with Crippen molar-refractivity contribution >= 4 is 6.08 Å². The molecule has 0 atom stereocenters. The Morgan fingerprint density at radius 1 is 1.20 bits per heavy atom. The summed E-state index contributed by atoms with van der Waals surface area (Å²) in [5.74, 6) is 0.290. The van der Waals surface area contributed by atoms with Crippen LogP contribution in [-0.2, 0) is 4.94 Å². The molecule has 0 radical (unpaired) electrons. The van der Waals surface area contributed by atoms with Crippen LogP contribution in [0.15, 0.2) is 6.08 Å². The number of rotatable bonds is 6. The lowest BCUT2D eigenvalue weighted by Crippen LogP contribution is -2.19. The van der Waals surface area contributed by atoms with Crippen molar-refractivity contribution in [1.29, 1.82) is 0 Å². The molecule has 0 fully saturated rings. The van der Waals surface area contributed by atoms with Gasteiger partial charge in [0.05, 0.1) is 0 Å². The highest BCUT2D eigenvalue weighted by Gasteiger charge is 2.14. The molecular formula is C13H18N2O5. The highest BCUT2D eigenvalue weighted by Crippen LogP contribution is 2.36. The summed E-state index contributed by atoms with van der Waals surface area (Å²) >= 11 is 0. The quantitative estimate of drug-likeness (QED) is 0.319. The van der Waals surface area contributed by atoms with E-state index in [1.807, 2.05) is 0 Å². The van der Waals surface area contributed by atoms with E-state index < -0.39 is 5.09 Å². The Balaban J connectivity index is 2.75. The lowest BCUT2D eigenvalue weighted by atomic mass is 9.97. The van der Waals surface area contributed by atoms with Gasteiger partial charge in [-0.1, -0.05) is 12.2 Å². The molecule has 110 valence electrons. The summed E-state index contributed by atoms with van der Waals surface area (Å²) in [5, 5.41) is 29.0. The van der Waals surface area contributed by atoms with Gasteiger partial charge >= 0.3 is 5.09 Å². The molecule has 0 heterocycles. The minimum atomic E-state index is -0.930. The minimum absolute atomic E-state index is 0.128. The molecule has 7 nitrogen and oxygen atoms in total. The van der Waals surface area contributed by atoms with Crippen LogP contribution in [0.5, 0.6) is 11.5 Å². The van der Waals surface area contributed by atoms with Crippen LogP contribution in [0.25, 0.3) is 6.08 Å². The van der Waals surface area contributed by atoms with Crippen LogP contribution in [0, 0.1) is 30.9 Å². The molecule has 1 rings (SSSR count). The summed E-state index contributed by atoms with van der Waals surface area (Å²) in [6.07, 6.45) is 3.87. The van der Waals surface area contributed by atoms with Gasteiger partial charge in [0.15, 0.2) is 0 Å². The molecular weight excluding hydrogens is 264 g/mol. The second-order valence-corrected chi connectivity index (χ2v) is 4.39. The van der Waals surface area contributed by atoms with Gasteiger partial charge in [-0.3, -0.25) is 0 Å². The molecule has 7 heteroatoms. The monoisotopic (exact) mass is 282 g/mol. The summed E-state index contributed by atoms with van der Waals surface area (Å²) in [5.41, 5.74) is 4.58. The highest BCUT2D eigenvalue weighted by molar-refractivity contribution is 5.68. The SMILES string of the molecule is Cc1c(C)c(O)c(C=CCCNO[N+](=O)[O-])c(C)c1O. The highest BCUT2D eigenvalue weighted by atomic mass is 17.0. The maximum Gasteiger partial charge on any atom is 0.311 e. The third-order valence-electron chi connectivity index (χ3n) is 3.12. The van der Waals surface area contributed by atoms with Crippen molar-refractivity contribution in [2.24, 2.45) is 0 Å². The van der Waals surface area contributed by atoms with E-state index >= 15 is 0 Å². The smallest absolute Gasteiger partial charge is 0.311 e. The number of aromatic hydroxyl groups is 2. The minimum Gasteiger partial charge on any atom is -0.507 e. The first-order chi connectivity index (χ1) is 9.36. The van der Waals surface area contributed by atoms with Gasteiger partial charge in [-0.25, -0.2) is 4.94 Å². The van der Waals surface area contributed by atoms with Crippen molar-refractivity contribution < 1.29 is 20.2 Å². The van der Waals surface area contributed by atoms with Gasteiger partial charge in [0, 0.05) is 17.7 Å². The molecule has 0 saturated carbocycles. The summed E-state index contributed by atoms with van der Waals surface area (Å²) < 4.78 is 0. The predicted molar refractivity (Wildman–Crippen MR) is 73.7 cm³/mol. The van der Waals surface area contributed by atoms with Gasteiger partial charge in [-0.15, -0.1) is 10.1 Å². The lowest BCUT2D eigenvalue weighted by molar-refractivity contribution is -0.776. The van der Waals surface area contributed by atoms with Gasteiger partial charge in [-0.2, -0.15) is 5.48 Å². The Bertz CT molecular complexity index is 511. The summed E-state index contributed by atoms with van der Waals surface area (Å²) in [6.45, 7) is 5.45. The molecule has 1 aromatic carbocycles. The molecule has 0 aliphatic carbocycles. The summed E-state index contributed by atoms with van der Waals surface area (Å²) in [6, 6.07) is 0. The molecule has 0 unspecified atom stereocenters. The van der Waals surface area contributed by atoms with Crippen LogP contribution in [0.1, 0.15) is 28.7 Å². The molecule has 3 N–H and O–H groups in total. The van der Waals surface area contributed by atoms with Crippen LogP contribution >= 0.6 is 0 Å². The predicted octanol–water partition coefficient (Wildman–Crippen LogP) is 2.14. The molecule has 0 amide bonds. The van der Waals surface area contributed by atoms with Crippen molar-refractivity contribution in [3.63, 3.8) is 0 Å². The lowest BCUT2D eigenvalue weighted by Gasteiger charge is -2.13.